The minimum atomic E-state index is -0.457. The zero-order valence-corrected chi connectivity index (χ0v) is 18.6. The lowest BCUT2D eigenvalue weighted by molar-refractivity contribution is -0.116. The number of nitrogens with zero attached hydrogens (tertiary/aromatic N) is 1. The van der Waals surface area contributed by atoms with Crippen molar-refractivity contribution in [2.45, 2.75) is 12.5 Å². The molecule has 168 valence electrons. The van der Waals surface area contributed by atoms with Crippen LogP contribution in [0.1, 0.15) is 39.6 Å². The van der Waals surface area contributed by atoms with Crippen molar-refractivity contribution in [3.8, 4) is 0 Å². The maximum Gasteiger partial charge on any atom is 0.251 e. The number of nitrogens with one attached hydrogen (secondary N) is 2. The quantitative estimate of drug-likeness (QED) is 0.361. The van der Waals surface area contributed by atoms with Crippen LogP contribution in [-0.4, -0.2) is 16.8 Å². The molecular weight excluding hydrogens is 422 g/mol. The van der Waals surface area contributed by atoms with E-state index in [9.17, 15) is 9.59 Å². The fourth-order valence-electron chi connectivity index (χ4n) is 3.54. The second-order valence-electron chi connectivity index (χ2n) is 7.77. The van der Waals surface area contributed by atoms with Gasteiger partial charge in [-0.15, -0.1) is 0 Å². The van der Waals surface area contributed by atoms with E-state index in [1.165, 1.54) is 0 Å². The standard InChI is InChI=1S/C29H25N3O2/c33-28(31-26-16-9-10-22(20-26)17-18-25-15-7-8-19-30-25)21-27(23-11-3-1-4-12-23)32-29(34)24-13-5-2-6-14-24/h1-20,27H,21H2,(H,31,33)(H,32,34)/b18-17+/t27-/m0/s1. The van der Waals surface area contributed by atoms with Gasteiger partial charge in [0.25, 0.3) is 5.91 Å². The van der Waals surface area contributed by atoms with Gasteiger partial charge in [-0.1, -0.05) is 72.8 Å². The highest BCUT2D eigenvalue weighted by Crippen LogP contribution is 2.20. The van der Waals surface area contributed by atoms with Crippen molar-refractivity contribution in [2.24, 2.45) is 0 Å². The maximum atomic E-state index is 12.9. The minimum Gasteiger partial charge on any atom is -0.345 e. The number of amides is 2. The summed E-state index contributed by atoms with van der Waals surface area (Å²) in [6, 6.07) is 31.4. The summed E-state index contributed by atoms with van der Waals surface area (Å²) in [6.07, 6.45) is 5.73. The molecule has 1 aromatic heterocycles. The number of pyridine rings is 1. The molecule has 0 fully saturated rings. The van der Waals surface area contributed by atoms with Gasteiger partial charge >= 0.3 is 0 Å². The molecule has 2 amide bonds. The number of carbonyl (C=O) groups excluding carboxylic acids is 2. The lowest BCUT2D eigenvalue weighted by Gasteiger charge is -2.19. The van der Waals surface area contributed by atoms with Gasteiger partial charge < -0.3 is 10.6 Å². The Kier molecular flexibility index (Phi) is 7.59. The summed E-state index contributed by atoms with van der Waals surface area (Å²) < 4.78 is 0. The number of aromatic nitrogens is 1. The van der Waals surface area contributed by atoms with Gasteiger partial charge in [-0.3, -0.25) is 14.6 Å². The normalized spacial score (nSPS) is 11.6. The summed E-state index contributed by atoms with van der Waals surface area (Å²) in [6.45, 7) is 0. The van der Waals surface area contributed by atoms with Crippen LogP contribution in [0.2, 0.25) is 0 Å². The summed E-state index contributed by atoms with van der Waals surface area (Å²) in [5.41, 5.74) is 3.91. The fraction of sp³-hybridized carbons (Fsp3) is 0.0690. The number of hydrogen-bond donors (Lipinski definition) is 2. The number of carbonyl (C=O) groups is 2. The van der Waals surface area contributed by atoms with Crippen LogP contribution in [0.4, 0.5) is 5.69 Å². The molecule has 1 heterocycles. The van der Waals surface area contributed by atoms with Crippen molar-refractivity contribution in [1.82, 2.24) is 10.3 Å². The van der Waals surface area contributed by atoms with Crippen molar-refractivity contribution in [3.05, 3.63) is 132 Å². The van der Waals surface area contributed by atoms with E-state index in [0.29, 0.717) is 11.3 Å². The first-order chi connectivity index (χ1) is 16.7. The summed E-state index contributed by atoms with van der Waals surface area (Å²) >= 11 is 0. The molecule has 3 aromatic carbocycles. The molecule has 2 N–H and O–H groups in total. The Hall–Kier alpha value is -4.51. The molecule has 0 aliphatic heterocycles. The first kappa shape index (κ1) is 22.7. The van der Waals surface area contributed by atoms with Crippen LogP contribution in [0.15, 0.2) is 109 Å². The van der Waals surface area contributed by atoms with E-state index in [2.05, 4.69) is 15.6 Å². The van der Waals surface area contributed by atoms with E-state index in [0.717, 1.165) is 16.8 Å². The van der Waals surface area contributed by atoms with E-state index in [4.69, 9.17) is 0 Å². The Labute approximate surface area is 199 Å². The average molecular weight is 448 g/mol. The third-order valence-corrected chi connectivity index (χ3v) is 5.24. The molecule has 0 radical (unpaired) electrons. The van der Waals surface area contributed by atoms with Gasteiger partial charge in [0, 0.05) is 17.4 Å². The number of rotatable bonds is 8. The molecule has 4 aromatic rings. The summed E-state index contributed by atoms with van der Waals surface area (Å²) in [5, 5.41) is 5.95. The molecule has 5 nitrogen and oxygen atoms in total. The minimum absolute atomic E-state index is 0.108. The van der Waals surface area contributed by atoms with Gasteiger partial charge in [-0.2, -0.15) is 0 Å². The Morgan fingerprint density at radius 1 is 0.794 bits per heavy atom. The average Bonchev–Trinajstić information content (AvgIpc) is 2.89. The van der Waals surface area contributed by atoms with Crippen molar-refractivity contribution >= 4 is 29.7 Å². The second kappa shape index (κ2) is 11.4. The lowest BCUT2D eigenvalue weighted by Crippen LogP contribution is -2.31. The van der Waals surface area contributed by atoms with Gasteiger partial charge in [-0.25, -0.2) is 0 Å². The van der Waals surface area contributed by atoms with Crippen molar-refractivity contribution in [1.29, 1.82) is 0 Å². The predicted molar refractivity (Wildman–Crippen MR) is 136 cm³/mol. The van der Waals surface area contributed by atoms with Gasteiger partial charge in [-0.05, 0) is 53.6 Å². The highest BCUT2D eigenvalue weighted by molar-refractivity contribution is 5.96. The van der Waals surface area contributed by atoms with E-state index in [1.54, 1.807) is 18.3 Å². The van der Waals surface area contributed by atoms with E-state index >= 15 is 0 Å². The molecule has 34 heavy (non-hydrogen) atoms. The second-order valence-corrected chi connectivity index (χ2v) is 7.77. The molecular formula is C29H25N3O2. The zero-order valence-electron chi connectivity index (χ0n) is 18.6. The monoisotopic (exact) mass is 447 g/mol. The Morgan fingerprint density at radius 2 is 1.53 bits per heavy atom. The highest BCUT2D eigenvalue weighted by Gasteiger charge is 2.19. The van der Waals surface area contributed by atoms with Crippen LogP contribution in [0.5, 0.6) is 0 Å². The van der Waals surface area contributed by atoms with E-state index < -0.39 is 6.04 Å². The zero-order chi connectivity index (χ0) is 23.6. The van der Waals surface area contributed by atoms with Crippen LogP contribution in [-0.2, 0) is 4.79 Å². The molecule has 0 aliphatic carbocycles. The van der Waals surface area contributed by atoms with Crippen molar-refractivity contribution < 1.29 is 9.59 Å². The lowest BCUT2D eigenvalue weighted by atomic mass is 10.0. The first-order valence-electron chi connectivity index (χ1n) is 11.1. The van der Waals surface area contributed by atoms with Crippen molar-refractivity contribution in [2.75, 3.05) is 5.32 Å². The molecule has 0 unspecified atom stereocenters. The topological polar surface area (TPSA) is 71.1 Å². The van der Waals surface area contributed by atoms with Crippen LogP contribution in [0.25, 0.3) is 12.2 Å². The van der Waals surface area contributed by atoms with Crippen molar-refractivity contribution in [3.63, 3.8) is 0 Å². The fourth-order valence-corrected chi connectivity index (χ4v) is 3.54. The molecule has 0 bridgehead atoms. The Bertz CT molecular complexity index is 1260. The maximum absolute atomic E-state index is 12.9. The van der Waals surface area contributed by atoms with Crippen LogP contribution in [0, 0.1) is 0 Å². The SMILES string of the molecule is O=C(C[C@H](NC(=O)c1ccccc1)c1ccccc1)Nc1cccc(/C=C/c2ccccn2)c1. The van der Waals surface area contributed by atoms with Gasteiger partial charge in [0.1, 0.15) is 0 Å². The molecule has 0 saturated heterocycles. The van der Waals surface area contributed by atoms with E-state index in [1.807, 2.05) is 103 Å². The number of benzene rings is 3. The van der Waals surface area contributed by atoms with Crippen LogP contribution < -0.4 is 10.6 Å². The molecule has 5 heteroatoms. The first-order valence-corrected chi connectivity index (χ1v) is 11.1. The summed E-state index contributed by atoms with van der Waals surface area (Å²) in [7, 11) is 0. The molecule has 1 atom stereocenters. The third-order valence-electron chi connectivity index (χ3n) is 5.24. The largest absolute Gasteiger partial charge is 0.345 e. The van der Waals surface area contributed by atoms with Gasteiger partial charge in [0.2, 0.25) is 5.91 Å². The highest BCUT2D eigenvalue weighted by atomic mass is 16.2. The molecule has 0 aliphatic rings. The molecule has 0 saturated carbocycles. The number of anilines is 1. The smallest absolute Gasteiger partial charge is 0.251 e. The Morgan fingerprint density at radius 3 is 2.26 bits per heavy atom. The predicted octanol–water partition coefficient (Wildman–Crippen LogP) is 5.75. The van der Waals surface area contributed by atoms with Crippen LogP contribution >= 0.6 is 0 Å². The summed E-state index contributed by atoms with van der Waals surface area (Å²) in [5.74, 6) is -0.406. The van der Waals surface area contributed by atoms with E-state index in [-0.39, 0.29) is 18.2 Å². The molecule has 4 rings (SSSR count). The van der Waals surface area contributed by atoms with Gasteiger partial charge in [0.05, 0.1) is 18.2 Å². The third kappa shape index (κ3) is 6.50. The Balaban J connectivity index is 1.44. The van der Waals surface area contributed by atoms with Gasteiger partial charge in [0.15, 0.2) is 0 Å². The van der Waals surface area contributed by atoms with Crippen LogP contribution in [0.3, 0.4) is 0 Å². The summed E-state index contributed by atoms with van der Waals surface area (Å²) in [4.78, 5) is 29.9. The molecule has 0 spiro atoms. The number of hydrogen-bond acceptors (Lipinski definition) is 3.